The maximum atomic E-state index is 6.09. The van der Waals surface area contributed by atoms with Crippen LogP contribution < -0.4 is 10.5 Å². The predicted octanol–water partition coefficient (Wildman–Crippen LogP) is 3.82. The lowest BCUT2D eigenvalue weighted by atomic mass is 10.0. The summed E-state index contributed by atoms with van der Waals surface area (Å²) in [4.78, 5) is 8.95. The number of anilines is 1. The van der Waals surface area contributed by atoms with Crippen molar-refractivity contribution in [3.8, 4) is 17.0 Å². The van der Waals surface area contributed by atoms with Crippen molar-refractivity contribution in [3.05, 3.63) is 34.6 Å². The summed E-state index contributed by atoms with van der Waals surface area (Å²) in [5.74, 6) is 2.11. The molecule has 0 unspecified atom stereocenters. The first-order chi connectivity index (χ1) is 9.43. The van der Waals surface area contributed by atoms with Gasteiger partial charge < -0.3 is 10.5 Å². The monoisotopic (exact) mass is 291 g/mol. The van der Waals surface area contributed by atoms with Gasteiger partial charge in [0.15, 0.2) is 0 Å². The summed E-state index contributed by atoms with van der Waals surface area (Å²) < 4.78 is 5.39. The molecule has 0 bridgehead atoms. The molecule has 1 heterocycles. The van der Waals surface area contributed by atoms with Crippen molar-refractivity contribution >= 4 is 17.4 Å². The van der Waals surface area contributed by atoms with Crippen LogP contribution in [-0.4, -0.2) is 17.1 Å². The molecule has 0 saturated heterocycles. The highest BCUT2D eigenvalue weighted by Crippen LogP contribution is 2.35. The Morgan fingerprint density at radius 2 is 1.95 bits per heavy atom. The number of nitrogen functional groups attached to an aromatic ring is 1. The molecule has 2 N–H and O–H groups in total. The standard InChI is InChI=1S/C15H18ClN3O/c1-8(2)15-18-13(9(3)14(17)19-15)11-7-10(16)5-6-12(11)20-4/h5-8H,1-4H3,(H2,17,18,19). The zero-order chi connectivity index (χ0) is 14.9. The number of hydrogen-bond donors (Lipinski definition) is 1. The highest BCUT2D eigenvalue weighted by molar-refractivity contribution is 6.31. The van der Waals surface area contributed by atoms with Gasteiger partial charge in [-0.3, -0.25) is 0 Å². The summed E-state index contributed by atoms with van der Waals surface area (Å²) in [6.45, 7) is 5.96. The lowest BCUT2D eigenvalue weighted by molar-refractivity contribution is 0.416. The van der Waals surface area contributed by atoms with Crippen LogP contribution in [0.1, 0.15) is 31.2 Å². The number of nitrogens with zero attached hydrogens (tertiary/aromatic N) is 2. The fraction of sp³-hybridized carbons (Fsp3) is 0.333. The Morgan fingerprint density at radius 3 is 2.55 bits per heavy atom. The zero-order valence-corrected chi connectivity index (χ0v) is 12.8. The SMILES string of the molecule is COc1ccc(Cl)cc1-c1nc(C(C)C)nc(N)c1C. The highest BCUT2D eigenvalue weighted by Gasteiger charge is 2.16. The Morgan fingerprint density at radius 1 is 1.25 bits per heavy atom. The molecule has 2 rings (SSSR count). The molecule has 0 atom stereocenters. The number of benzene rings is 1. The van der Waals surface area contributed by atoms with E-state index in [9.17, 15) is 0 Å². The molecule has 0 spiro atoms. The first kappa shape index (κ1) is 14.6. The number of hydrogen-bond acceptors (Lipinski definition) is 4. The summed E-state index contributed by atoms with van der Waals surface area (Å²) in [6.07, 6.45) is 0. The van der Waals surface area contributed by atoms with Gasteiger partial charge in [0.05, 0.1) is 12.8 Å². The smallest absolute Gasteiger partial charge is 0.133 e. The number of rotatable bonds is 3. The normalized spacial score (nSPS) is 10.9. The van der Waals surface area contributed by atoms with Crippen LogP contribution in [0.25, 0.3) is 11.3 Å². The molecule has 106 valence electrons. The summed E-state index contributed by atoms with van der Waals surface area (Å²) >= 11 is 6.09. The molecule has 0 fully saturated rings. The van der Waals surface area contributed by atoms with E-state index in [4.69, 9.17) is 22.1 Å². The summed E-state index contributed by atoms with van der Waals surface area (Å²) in [6, 6.07) is 5.44. The number of halogens is 1. The van der Waals surface area contributed by atoms with Gasteiger partial charge >= 0.3 is 0 Å². The van der Waals surface area contributed by atoms with Crippen molar-refractivity contribution in [2.45, 2.75) is 26.7 Å². The maximum Gasteiger partial charge on any atom is 0.133 e. The lowest BCUT2D eigenvalue weighted by Gasteiger charge is -2.14. The van der Waals surface area contributed by atoms with Gasteiger partial charge in [-0.25, -0.2) is 9.97 Å². The molecular weight excluding hydrogens is 274 g/mol. The van der Waals surface area contributed by atoms with E-state index in [0.29, 0.717) is 22.4 Å². The van der Waals surface area contributed by atoms with E-state index in [1.165, 1.54) is 0 Å². The van der Waals surface area contributed by atoms with Gasteiger partial charge in [-0.2, -0.15) is 0 Å². The molecule has 0 radical (unpaired) electrons. The lowest BCUT2D eigenvalue weighted by Crippen LogP contribution is -2.06. The van der Waals surface area contributed by atoms with Gasteiger partial charge in [0, 0.05) is 22.1 Å². The Bertz CT molecular complexity index is 641. The van der Waals surface area contributed by atoms with Crippen LogP contribution in [0.15, 0.2) is 18.2 Å². The minimum Gasteiger partial charge on any atom is -0.496 e. The third-order valence-electron chi connectivity index (χ3n) is 3.13. The van der Waals surface area contributed by atoms with Gasteiger partial charge in [0.1, 0.15) is 17.4 Å². The van der Waals surface area contributed by atoms with Gasteiger partial charge in [-0.1, -0.05) is 25.4 Å². The summed E-state index contributed by atoms with van der Waals surface area (Å²) in [7, 11) is 1.62. The Kier molecular flexibility index (Phi) is 4.14. The van der Waals surface area contributed by atoms with E-state index < -0.39 is 0 Å². The summed E-state index contributed by atoms with van der Waals surface area (Å²) in [5, 5.41) is 0.628. The molecule has 0 aliphatic carbocycles. The average molecular weight is 292 g/mol. The molecule has 1 aromatic carbocycles. The molecule has 2 aromatic rings. The molecule has 0 amide bonds. The number of aromatic nitrogens is 2. The van der Waals surface area contributed by atoms with Crippen molar-refractivity contribution in [1.82, 2.24) is 9.97 Å². The molecule has 20 heavy (non-hydrogen) atoms. The van der Waals surface area contributed by atoms with E-state index in [1.807, 2.05) is 32.9 Å². The maximum absolute atomic E-state index is 6.09. The van der Waals surface area contributed by atoms with Crippen molar-refractivity contribution in [2.24, 2.45) is 0 Å². The van der Waals surface area contributed by atoms with Crippen LogP contribution in [0.4, 0.5) is 5.82 Å². The van der Waals surface area contributed by atoms with E-state index >= 15 is 0 Å². The van der Waals surface area contributed by atoms with Gasteiger partial charge in [-0.05, 0) is 25.1 Å². The second-order valence-electron chi connectivity index (χ2n) is 4.94. The molecule has 1 aromatic heterocycles. The third-order valence-corrected chi connectivity index (χ3v) is 3.37. The van der Waals surface area contributed by atoms with Crippen molar-refractivity contribution in [2.75, 3.05) is 12.8 Å². The number of methoxy groups -OCH3 is 1. The largest absolute Gasteiger partial charge is 0.496 e. The van der Waals surface area contributed by atoms with Crippen LogP contribution in [0.2, 0.25) is 5.02 Å². The first-order valence-electron chi connectivity index (χ1n) is 6.42. The molecule has 0 aliphatic heterocycles. The zero-order valence-electron chi connectivity index (χ0n) is 12.1. The summed E-state index contributed by atoms with van der Waals surface area (Å²) in [5.41, 5.74) is 8.42. The molecule has 4 nitrogen and oxygen atoms in total. The van der Waals surface area contributed by atoms with Crippen molar-refractivity contribution < 1.29 is 4.74 Å². The average Bonchev–Trinajstić information content (AvgIpc) is 2.41. The number of ether oxygens (including phenoxy) is 1. The minimum atomic E-state index is 0.196. The van der Waals surface area contributed by atoms with Crippen molar-refractivity contribution in [3.63, 3.8) is 0 Å². The fourth-order valence-electron chi connectivity index (χ4n) is 1.94. The van der Waals surface area contributed by atoms with Crippen LogP contribution in [0.5, 0.6) is 5.75 Å². The molecule has 0 saturated carbocycles. The predicted molar refractivity (Wildman–Crippen MR) is 82.3 cm³/mol. The third kappa shape index (κ3) is 2.70. The topological polar surface area (TPSA) is 61.0 Å². The second-order valence-corrected chi connectivity index (χ2v) is 5.38. The molecular formula is C15H18ClN3O. The van der Waals surface area contributed by atoms with Crippen LogP contribution in [0.3, 0.4) is 0 Å². The van der Waals surface area contributed by atoms with Crippen LogP contribution in [0, 0.1) is 6.92 Å². The Hall–Kier alpha value is -1.81. The molecule has 5 heteroatoms. The minimum absolute atomic E-state index is 0.196. The van der Waals surface area contributed by atoms with Crippen molar-refractivity contribution in [1.29, 1.82) is 0 Å². The quantitative estimate of drug-likeness (QED) is 0.934. The number of nitrogens with two attached hydrogens (primary N) is 1. The Labute approximate surface area is 124 Å². The highest BCUT2D eigenvalue weighted by atomic mass is 35.5. The fourth-order valence-corrected chi connectivity index (χ4v) is 2.11. The van der Waals surface area contributed by atoms with Gasteiger partial charge in [0.2, 0.25) is 0 Å². The van der Waals surface area contributed by atoms with Crippen LogP contribution in [-0.2, 0) is 0 Å². The van der Waals surface area contributed by atoms with E-state index in [0.717, 1.165) is 16.8 Å². The van der Waals surface area contributed by atoms with E-state index in [2.05, 4.69) is 9.97 Å². The first-order valence-corrected chi connectivity index (χ1v) is 6.79. The van der Waals surface area contributed by atoms with Gasteiger partial charge in [-0.15, -0.1) is 0 Å². The molecule has 0 aliphatic rings. The second kappa shape index (κ2) is 5.67. The van der Waals surface area contributed by atoms with Gasteiger partial charge in [0.25, 0.3) is 0 Å². The Balaban J connectivity index is 2.71. The van der Waals surface area contributed by atoms with Crippen LogP contribution >= 0.6 is 11.6 Å². The van der Waals surface area contributed by atoms with E-state index in [1.54, 1.807) is 13.2 Å². The van der Waals surface area contributed by atoms with E-state index in [-0.39, 0.29) is 5.92 Å².